The lowest BCUT2D eigenvalue weighted by atomic mass is 9.98. The maximum Gasteiger partial charge on any atom is 0.253 e. The minimum absolute atomic E-state index is 0.169. The summed E-state index contributed by atoms with van der Waals surface area (Å²) in [4.78, 5) is 19.1. The van der Waals surface area contributed by atoms with E-state index in [4.69, 9.17) is 11.6 Å². The molecule has 0 amide bonds. The van der Waals surface area contributed by atoms with Gasteiger partial charge in [-0.2, -0.15) is 0 Å². The van der Waals surface area contributed by atoms with Crippen LogP contribution in [0, 0.1) is 6.92 Å². The first-order chi connectivity index (χ1) is 18.8. The van der Waals surface area contributed by atoms with Crippen molar-refractivity contribution in [2.75, 3.05) is 0 Å². The molecule has 2 heterocycles. The van der Waals surface area contributed by atoms with E-state index in [0.717, 1.165) is 34.0 Å². The molecule has 0 aliphatic heterocycles. The van der Waals surface area contributed by atoms with Gasteiger partial charge in [0.05, 0.1) is 5.54 Å². The van der Waals surface area contributed by atoms with Crippen LogP contribution >= 0.6 is 11.6 Å². The van der Waals surface area contributed by atoms with Crippen molar-refractivity contribution >= 4 is 22.5 Å². The quantitative estimate of drug-likeness (QED) is 0.233. The number of aromatic amines is 1. The molecule has 0 aliphatic carbocycles. The van der Waals surface area contributed by atoms with Crippen molar-refractivity contribution in [1.82, 2.24) is 30.1 Å². The maximum atomic E-state index is 13.8. The normalized spacial score (nSPS) is 12.8. The van der Waals surface area contributed by atoms with E-state index in [9.17, 15) is 4.79 Å². The molecule has 0 saturated heterocycles. The van der Waals surface area contributed by atoms with Crippen molar-refractivity contribution in [3.8, 4) is 0 Å². The molecule has 5 aromatic rings. The highest BCUT2D eigenvalue weighted by Gasteiger charge is 2.34. The Hall–Kier alpha value is -3.81. The Labute approximate surface area is 233 Å². The zero-order chi connectivity index (χ0) is 27.6. The van der Waals surface area contributed by atoms with Gasteiger partial charge in [0.2, 0.25) is 0 Å². The topological polar surface area (TPSA) is 79.7 Å². The van der Waals surface area contributed by atoms with Crippen molar-refractivity contribution in [2.45, 2.75) is 58.8 Å². The maximum absolute atomic E-state index is 13.8. The van der Waals surface area contributed by atoms with E-state index in [0.29, 0.717) is 29.5 Å². The summed E-state index contributed by atoms with van der Waals surface area (Å²) in [5.74, 6) is 0.613. The summed E-state index contributed by atoms with van der Waals surface area (Å²) >= 11 is 6.66. The van der Waals surface area contributed by atoms with Crippen molar-refractivity contribution in [2.24, 2.45) is 0 Å². The SMILES string of the molecule is CCC(C)(C)n1nnnc1[C@H](c1cc2cc(C)ccc2[nH]c1=O)N(Cc1ccccc1)Cc1ccccc1Cl. The minimum atomic E-state index is -0.545. The van der Waals surface area contributed by atoms with Crippen LogP contribution in [0.1, 0.15) is 61.3 Å². The highest BCUT2D eigenvalue weighted by Crippen LogP contribution is 2.33. The molecule has 0 radical (unpaired) electrons. The third kappa shape index (κ3) is 5.65. The number of nitrogens with zero attached hydrogens (tertiary/aromatic N) is 5. The van der Waals surface area contributed by atoms with Gasteiger partial charge in [0.25, 0.3) is 5.56 Å². The first kappa shape index (κ1) is 26.8. The molecule has 0 unspecified atom stereocenters. The number of H-pyrrole nitrogens is 1. The van der Waals surface area contributed by atoms with Crippen LogP contribution < -0.4 is 5.56 Å². The molecular formula is C31H33ClN6O. The molecule has 0 aliphatic rings. The fourth-order valence-electron chi connectivity index (χ4n) is 4.89. The molecule has 0 spiro atoms. The summed E-state index contributed by atoms with van der Waals surface area (Å²) in [6.45, 7) is 9.41. The lowest BCUT2D eigenvalue weighted by Gasteiger charge is -2.34. The number of aromatic nitrogens is 5. The van der Waals surface area contributed by atoms with E-state index >= 15 is 0 Å². The van der Waals surface area contributed by atoms with E-state index in [1.54, 1.807) is 0 Å². The van der Waals surface area contributed by atoms with Crippen molar-refractivity contribution < 1.29 is 0 Å². The van der Waals surface area contributed by atoms with Gasteiger partial charge >= 0.3 is 0 Å². The largest absolute Gasteiger partial charge is 0.322 e. The highest BCUT2D eigenvalue weighted by atomic mass is 35.5. The molecule has 0 saturated carbocycles. The van der Waals surface area contributed by atoms with Crippen molar-refractivity contribution in [3.05, 3.63) is 122 Å². The van der Waals surface area contributed by atoms with Gasteiger partial charge in [-0.3, -0.25) is 9.69 Å². The number of hydrogen-bond acceptors (Lipinski definition) is 5. The molecule has 5 rings (SSSR count). The Kier molecular flexibility index (Phi) is 7.64. The van der Waals surface area contributed by atoms with Gasteiger partial charge in [-0.05, 0) is 78.4 Å². The lowest BCUT2D eigenvalue weighted by molar-refractivity contribution is 0.180. The molecule has 8 heteroatoms. The standard InChI is InChI=1S/C31H33ClN6O/c1-5-31(3,4)38-29(34-35-36-38)28(25-18-24-17-21(2)15-16-27(24)33-30(25)39)37(19-22-11-7-6-8-12-22)20-23-13-9-10-14-26(23)32/h6-18,28H,5,19-20H2,1-4H3,(H,33,39)/t28-/m0/s1. The van der Waals surface area contributed by atoms with Crippen LogP contribution in [0.15, 0.2) is 83.7 Å². The molecule has 200 valence electrons. The van der Waals surface area contributed by atoms with Crippen molar-refractivity contribution in [1.29, 1.82) is 0 Å². The van der Waals surface area contributed by atoms with Crippen LogP contribution in [0.4, 0.5) is 0 Å². The van der Waals surface area contributed by atoms with Gasteiger partial charge in [-0.15, -0.1) is 5.10 Å². The fraction of sp³-hybridized carbons (Fsp3) is 0.290. The van der Waals surface area contributed by atoms with E-state index in [-0.39, 0.29) is 11.1 Å². The second-order valence-corrected chi connectivity index (χ2v) is 11.1. The smallest absolute Gasteiger partial charge is 0.253 e. The third-order valence-electron chi connectivity index (χ3n) is 7.42. The first-order valence-electron chi connectivity index (χ1n) is 13.2. The van der Waals surface area contributed by atoms with E-state index in [2.05, 4.69) is 64.4 Å². The number of halogens is 1. The number of nitrogens with one attached hydrogen (secondary N) is 1. The van der Waals surface area contributed by atoms with Gasteiger partial charge in [0.1, 0.15) is 6.04 Å². The molecule has 3 aromatic carbocycles. The predicted octanol–water partition coefficient (Wildman–Crippen LogP) is 6.41. The second kappa shape index (κ2) is 11.1. The Morgan fingerprint density at radius 1 is 1.00 bits per heavy atom. The van der Waals surface area contributed by atoms with E-state index in [1.165, 1.54) is 0 Å². The van der Waals surface area contributed by atoms with Crippen LogP contribution in [0.2, 0.25) is 5.02 Å². The van der Waals surface area contributed by atoms with Crippen LogP contribution in [0.3, 0.4) is 0 Å². The molecule has 39 heavy (non-hydrogen) atoms. The molecule has 1 N–H and O–H groups in total. The number of rotatable bonds is 9. The van der Waals surface area contributed by atoms with E-state index < -0.39 is 6.04 Å². The summed E-state index contributed by atoms with van der Waals surface area (Å²) in [5, 5.41) is 14.7. The third-order valence-corrected chi connectivity index (χ3v) is 7.79. The lowest BCUT2D eigenvalue weighted by Crippen LogP contribution is -2.38. The summed E-state index contributed by atoms with van der Waals surface area (Å²) in [5.41, 5.74) is 4.03. The number of tetrazole rings is 1. The highest BCUT2D eigenvalue weighted by molar-refractivity contribution is 6.31. The van der Waals surface area contributed by atoms with Crippen LogP contribution in [-0.4, -0.2) is 30.1 Å². The summed E-state index contributed by atoms with van der Waals surface area (Å²) in [6, 6.07) is 25.5. The van der Waals surface area contributed by atoms with Gasteiger partial charge in [0, 0.05) is 29.2 Å². The first-order valence-corrected chi connectivity index (χ1v) is 13.6. The van der Waals surface area contributed by atoms with Crippen LogP contribution in [0.25, 0.3) is 10.9 Å². The van der Waals surface area contributed by atoms with Gasteiger partial charge in [0.15, 0.2) is 5.82 Å². The van der Waals surface area contributed by atoms with Gasteiger partial charge in [-0.1, -0.05) is 78.7 Å². The van der Waals surface area contributed by atoms with E-state index in [1.807, 2.05) is 72.3 Å². The summed E-state index contributed by atoms with van der Waals surface area (Å²) in [7, 11) is 0. The summed E-state index contributed by atoms with van der Waals surface area (Å²) in [6.07, 6.45) is 0.814. The minimum Gasteiger partial charge on any atom is -0.322 e. The number of fused-ring (bicyclic) bond motifs is 1. The van der Waals surface area contributed by atoms with Crippen LogP contribution in [0.5, 0.6) is 0 Å². The van der Waals surface area contributed by atoms with Crippen LogP contribution in [-0.2, 0) is 18.6 Å². The van der Waals surface area contributed by atoms with Gasteiger partial charge < -0.3 is 4.98 Å². The zero-order valence-corrected chi connectivity index (χ0v) is 23.5. The monoisotopic (exact) mass is 540 g/mol. The van der Waals surface area contributed by atoms with Crippen molar-refractivity contribution in [3.63, 3.8) is 0 Å². The molecule has 7 nitrogen and oxygen atoms in total. The predicted molar refractivity (Wildman–Crippen MR) is 156 cm³/mol. The van der Waals surface area contributed by atoms with Gasteiger partial charge in [-0.25, -0.2) is 4.68 Å². The molecule has 0 fully saturated rings. The Morgan fingerprint density at radius 3 is 2.49 bits per heavy atom. The molecule has 0 bridgehead atoms. The molecule has 1 atom stereocenters. The number of pyridine rings is 1. The Morgan fingerprint density at radius 2 is 1.74 bits per heavy atom. The molecular weight excluding hydrogens is 508 g/mol. The Balaban J connectivity index is 1.75. The number of benzene rings is 3. The Bertz CT molecular complexity index is 1640. The average molecular weight is 541 g/mol. The number of hydrogen-bond donors (Lipinski definition) is 1. The number of aryl methyl sites for hydroxylation is 1. The fourth-order valence-corrected chi connectivity index (χ4v) is 5.09. The second-order valence-electron chi connectivity index (χ2n) is 10.6. The zero-order valence-electron chi connectivity index (χ0n) is 22.7. The molecule has 2 aromatic heterocycles. The average Bonchev–Trinajstić information content (AvgIpc) is 3.42. The summed E-state index contributed by atoms with van der Waals surface area (Å²) < 4.78 is 1.86.